The van der Waals surface area contributed by atoms with Gasteiger partial charge in [0, 0.05) is 12.0 Å². The van der Waals surface area contributed by atoms with Gasteiger partial charge in [0.2, 0.25) is 0 Å². The van der Waals surface area contributed by atoms with Gasteiger partial charge in [-0.2, -0.15) is 0 Å². The van der Waals surface area contributed by atoms with E-state index in [2.05, 4.69) is 13.2 Å². The second-order valence-corrected chi connectivity index (χ2v) is 8.38. The molecule has 1 fully saturated rings. The molecule has 1 heterocycles. The van der Waals surface area contributed by atoms with E-state index < -0.39 is 62.0 Å². The van der Waals surface area contributed by atoms with Gasteiger partial charge in [0.25, 0.3) is 0 Å². The van der Waals surface area contributed by atoms with Gasteiger partial charge in [-0.1, -0.05) is 30.4 Å². The van der Waals surface area contributed by atoms with E-state index in [-0.39, 0.29) is 16.7 Å². The molecule has 0 bridgehead atoms. The lowest BCUT2D eigenvalue weighted by atomic mass is 9.85. The number of rotatable bonds is 8. The van der Waals surface area contributed by atoms with Crippen molar-refractivity contribution < 1.29 is 43.9 Å². The molecule has 0 spiro atoms. The average molecular weight is 477 g/mol. The first kappa shape index (κ1) is 27.2. The number of hydrogen-bond donors (Lipinski definition) is 3. The minimum Gasteiger partial charge on any atom is -0.458 e. The SMILES string of the molecule is C=C(C(=O)OCC(=CCO)C(=O)OC1CC(C)=CCCC(C)=CC2OC(=O)C(=C)C21)C(O)CO. The van der Waals surface area contributed by atoms with E-state index in [9.17, 15) is 24.6 Å². The van der Waals surface area contributed by atoms with Crippen LogP contribution in [0.4, 0.5) is 0 Å². The summed E-state index contributed by atoms with van der Waals surface area (Å²) in [6, 6.07) is 0. The molecule has 0 amide bonds. The number of hydrogen-bond acceptors (Lipinski definition) is 9. The molecular weight excluding hydrogens is 444 g/mol. The molecule has 4 unspecified atom stereocenters. The maximum absolute atomic E-state index is 13.0. The normalized spacial score (nSPS) is 24.3. The van der Waals surface area contributed by atoms with Crippen molar-refractivity contribution in [2.24, 2.45) is 5.92 Å². The smallest absolute Gasteiger partial charge is 0.337 e. The van der Waals surface area contributed by atoms with E-state index in [1.54, 1.807) is 0 Å². The Balaban J connectivity index is 2.24. The number of carbonyl (C=O) groups is 3. The van der Waals surface area contributed by atoms with E-state index in [0.717, 1.165) is 30.1 Å². The van der Waals surface area contributed by atoms with Gasteiger partial charge < -0.3 is 29.5 Å². The lowest BCUT2D eigenvalue weighted by molar-refractivity contribution is -0.148. The molecule has 0 aromatic rings. The van der Waals surface area contributed by atoms with Crippen LogP contribution in [0, 0.1) is 5.92 Å². The monoisotopic (exact) mass is 476 g/mol. The van der Waals surface area contributed by atoms with Gasteiger partial charge in [-0.05, 0) is 38.8 Å². The van der Waals surface area contributed by atoms with Crippen LogP contribution in [0.1, 0.15) is 33.1 Å². The Bertz CT molecular complexity index is 925. The summed E-state index contributed by atoms with van der Waals surface area (Å²) in [5.74, 6) is -3.02. The zero-order chi connectivity index (χ0) is 25.4. The molecule has 186 valence electrons. The van der Waals surface area contributed by atoms with Crippen LogP contribution in [0.2, 0.25) is 0 Å². The average Bonchev–Trinajstić information content (AvgIpc) is 3.06. The highest BCUT2D eigenvalue weighted by atomic mass is 16.6. The number of esters is 3. The molecule has 1 aliphatic carbocycles. The predicted molar refractivity (Wildman–Crippen MR) is 122 cm³/mol. The molecule has 2 aliphatic rings. The number of ether oxygens (including phenoxy) is 3. The van der Waals surface area contributed by atoms with Gasteiger partial charge in [0.1, 0.15) is 24.9 Å². The summed E-state index contributed by atoms with van der Waals surface area (Å²) in [6.07, 6.45) is 4.04. The Morgan fingerprint density at radius 2 is 1.97 bits per heavy atom. The zero-order valence-electron chi connectivity index (χ0n) is 19.5. The third-order valence-electron chi connectivity index (χ3n) is 5.72. The molecule has 1 aliphatic heterocycles. The highest BCUT2D eigenvalue weighted by molar-refractivity contribution is 5.93. The van der Waals surface area contributed by atoms with Crippen LogP contribution >= 0.6 is 0 Å². The van der Waals surface area contributed by atoms with Crippen LogP contribution in [0.3, 0.4) is 0 Å². The predicted octanol–water partition coefficient (Wildman–Crippen LogP) is 1.44. The standard InChI is InChI=1S/C25H32O9/c1-14-6-5-7-15(2)11-21(22-17(4)24(30)33-20(22)10-14)34-25(31)18(8-9-26)13-32-23(29)16(3)19(28)12-27/h7-8,10,19-22,26-28H,3-6,9,11-13H2,1-2H3. The molecule has 4 atom stereocenters. The van der Waals surface area contributed by atoms with Crippen molar-refractivity contribution in [3.8, 4) is 0 Å². The first-order valence-corrected chi connectivity index (χ1v) is 11.0. The van der Waals surface area contributed by atoms with Crippen LogP contribution < -0.4 is 0 Å². The van der Waals surface area contributed by atoms with E-state index in [1.165, 1.54) is 0 Å². The molecule has 3 N–H and O–H groups in total. The number of allylic oxidation sites excluding steroid dienone is 2. The highest BCUT2D eigenvalue weighted by Gasteiger charge is 2.44. The fourth-order valence-corrected chi connectivity index (χ4v) is 3.74. The van der Waals surface area contributed by atoms with Gasteiger partial charge in [0.05, 0.1) is 30.3 Å². The number of aliphatic hydroxyl groups excluding tert-OH is 3. The minimum absolute atomic E-state index is 0.139. The van der Waals surface area contributed by atoms with Crippen LogP contribution in [-0.4, -0.2) is 71.4 Å². The summed E-state index contributed by atoms with van der Waals surface area (Å²) in [5.41, 5.74) is 1.68. The van der Waals surface area contributed by atoms with Crippen molar-refractivity contribution in [1.82, 2.24) is 0 Å². The van der Waals surface area contributed by atoms with Gasteiger partial charge >= 0.3 is 17.9 Å². The topological polar surface area (TPSA) is 140 Å². The Morgan fingerprint density at radius 3 is 2.62 bits per heavy atom. The van der Waals surface area contributed by atoms with E-state index in [4.69, 9.17) is 19.3 Å². The van der Waals surface area contributed by atoms with Crippen LogP contribution in [0.15, 0.2) is 59.3 Å². The molecule has 34 heavy (non-hydrogen) atoms. The van der Waals surface area contributed by atoms with E-state index in [1.807, 2.05) is 26.0 Å². The van der Waals surface area contributed by atoms with Crippen molar-refractivity contribution in [1.29, 1.82) is 0 Å². The van der Waals surface area contributed by atoms with Crippen LogP contribution in [0.5, 0.6) is 0 Å². The summed E-state index contributed by atoms with van der Waals surface area (Å²) in [7, 11) is 0. The van der Waals surface area contributed by atoms with Crippen molar-refractivity contribution in [2.45, 2.75) is 51.4 Å². The summed E-state index contributed by atoms with van der Waals surface area (Å²) in [4.78, 5) is 37.2. The van der Waals surface area contributed by atoms with Gasteiger partial charge in [-0.15, -0.1) is 0 Å². The van der Waals surface area contributed by atoms with E-state index in [0.29, 0.717) is 6.42 Å². The van der Waals surface area contributed by atoms with E-state index >= 15 is 0 Å². The fourth-order valence-electron chi connectivity index (χ4n) is 3.74. The Labute approximate surface area is 198 Å². The quantitative estimate of drug-likeness (QED) is 0.205. The number of aliphatic hydroxyl groups is 3. The van der Waals surface area contributed by atoms with Crippen molar-refractivity contribution >= 4 is 17.9 Å². The van der Waals surface area contributed by atoms with Gasteiger partial charge in [-0.3, -0.25) is 0 Å². The molecule has 0 aromatic heterocycles. The number of carbonyl (C=O) groups excluding carboxylic acids is 3. The first-order valence-electron chi connectivity index (χ1n) is 11.0. The zero-order valence-corrected chi connectivity index (χ0v) is 19.5. The Hall–Kier alpha value is -3.01. The maximum Gasteiger partial charge on any atom is 0.337 e. The lowest BCUT2D eigenvalue weighted by Gasteiger charge is -2.27. The Kier molecular flexibility index (Phi) is 9.97. The minimum atomic E-state index is -1.50. The molecule has 0 saturated carbocycles. The largest absolute Gasteiger partial charge is 0.458 e. The summed E-state index contributed by atoms with van der Waals surface area (Å²) in [5, 5.41) is 27.8. The molecule has 2 rings (SSSR count). The summed E-state index contributed by atoms with van der Waals surface area (Å²) in [6.45, 7) is 9.25. The van der Waals surface area contributed by atoms with Crippen LogP contribution in [0.25, 0.3) is 0 Å². The second-order valence-electron chi connectivity index (χ2n) is 8.38. The lowest BCUT2D eigenvalue weighted by Crippen LogP contribution is -2.34. The second kappa shape index (κ2) is 12.5. The fraction of sp³-hybridized carbons (Fsp3) is 0.480. The Morgan fingerprint density at radius 1 is 1.26 bits per heavy atom. The molecule has 9 heteroatoms. The third kappa shape index (κ3) is 6.99. The molecule has 0 aromatic carbocycles. The molecule has 1 saturated heterocycles. The maximum atomic E-state index is 13.0. The summed E-state index contributed by atoms with van der Waals surface area (Å²) < 4.78 is 16.2. The summed E-state index contributed by atoms with van der Waals surface area (Å²) >= 11 is 0. The van der Waals surface area contributed by atoms with Crippen molar-refractivity contribution in [3.63, 3.8) is 0 Å². The molecular formula is C25H32O9. The van der Waals surface area contributed by atoms with Gasteiger partial charge in [0.15, 0.2) is 0 Å². The third-order valence-corrected chi connectivity index (χ3v) is 5.72. The van der Waals surface area contributed by atoms with Crippen molar-refractivity contribution in [2.75, 3.05) is 19.8 Å². The first-order chi connectivity index (χ1) is 16.1. The van der Waals surface area contributed by atoms with Crippen LogP contribution in [-0.2, 0) is 28.6 Å². The highest BCUT2D eigenvalue weighted by Crippen LogP contribution is 2.36. The molecule has 9 nitrogen and oxygen atoms in total. The van der Waals surface area contributed by atoms with Crippen molar-refractivity contribution in [3.05, 3.63) is 59.3 Å². The number of fused-ring (bicyclic) bond motifs is 1. The van der Waals surface area contributed by atoms with Gasteiger partial charge in [-0.25, -0.2) is 14.4 Å². The molecule has 0 radical (unpaired) electrons.